The third kappa shape index (κ3) is 1.73. The Morgan fingerprint density at radius 3 is 2.50 bits per heavy atom. The molecule has 1 rings (SSSR count). The highest BCUT2D eigenvalue weighted by molar-refractivity contribution is 6.58. The van der Waals surface area contributed by atoms with E-state index in [9.17, 15) is 4.39 Å². The average Bonchev–Trinajstić information content (AvgIpc) is 2.03. The number of nitrogen functional groups attached to an aromatic ring is 1. The minimum absolute atomic E-state index is 0.172. The second-order valence-corrected chi connectivity index (χ2v) is 2.25. The van der Waals surface area contributed by atoms with Crippen molar-refractivity contribution in [2.24, 2.45) is 5.84 Å². The Hall–Kier alpha value is -1.11. The fraction of sp³-hybridized carbons (Fsp3) is 0. The summed E-state index contributed by atoms with van der Waals surface area (Å²) in [5, 5.41) is 17.3. The van der Waals surface area contributed by atoms with E-state index in [4.69, 9.17) is 15.9 Å². The molecule has 64 valence electrons. The summed E-state index contributed by atoms with van der Waals surface area (Å²) in [4.78, 5) is 0. The zero-order valence-electron chi connectivity index (χ0n) is 6.16. The van der Waals surface area contributed by atoms with Crippen LogP contribution in [0.1, 0.15) is 0 Å². The SMILES string of the molecule is NNc1ccc(B(O)O)c(F)c1. The van der Waals surface area contributed by atoms with Crippen LogP contribution in [0.5, 0.6) is 0 Å². The van der Waals surface area contributed by atoms with Crippen LogP contribution in [0.3, 0.4) is 0 Å². The molecule has 5 N–H and O–H groups in total. The van der Waals surface area contributed by atoms with E-state index in [1.165, 1.54) is 12.1 Å². The molecule has 0 bridgehead atoms. The quantitative estimate of drug-likeness (QED) is 0.255. The summed E-state index contributed by atoms with van der Waals surface area (Å²) in [5.74, 6) is 4.30. The number of anilines is 1. The van der Waals surface area contributed by atoms with Crippen molar-refractivity contribution >= 4 is 18.3 Å². The number of rotatable bonds is 2. The van der Waals surface area contributed by atoms with E-state index >= 15 is 0 Å². The van der Waals surface area contributed by atoms with Crippen molar-refractivity contribution in [3.05, 3.63) is 24.0 Å². The van der Waals surface area contributed by atoms with Crippen LogP contribution in [-0.2, 0) is 0 Å². The molecule has 0 unspecified atom stereocenters. The molecule has 0 aliphatic carbocycles. The molecule has 6 heteroatoms. The van der Waals surface area contributed by atoms with Gasteiger partial charge < -0.3 is 15.5 Å². The third-order valence-corrected chi connectivity index (χ3v) is 1.45. The van der Waals surface area contributed by atoms with Gasteiger partial charge in [-0.2, -0.15) is 0 Å². The van der Waals surface area contributed by atoms with Gasteiger partial charge in [0.05, 0.1) is 5.69 Å². The molecule has 0 atom stereocenters. The lowest BCUT2D eigenvalue weighted by atomic mass is 9.80. The first-order chi connectivity index (χ1) is 5.65. The molecule has 0 amide bonds. The molecule has 0 aliphatic rings. The average molecular weight is 170 g/mol. The summed E-state index contributed by atoms with van der Waals surface area (Å²) in [6.07, 6.45) is 0. The van der Waals surface area contributed by atoms with E-state index in [0.29, 0.717) is 5.69 Å². The van der Waals surface area contributed by atoms with E-state index in [0.717, 1.165) is 6.07 Å². The van der Waals surface area contributed by atoms with Gasteiger partial charge in [0.15, 0.2) is 0 Å². The maximum Gasteiger partial charge on any atom is 0.491 e. The number of nitrogens with one attached hydrogen (secondary N) is 1. The highest BCUT2D eigenvalue weighted by Gasteiger charge is 2.15. The first-order valence-electron chi connectivity index (χ1n) is 3.27. The topological polar surface area (TPSA) is 78.5 Å². The van der Waals surface area contributed by atoms with Gasteiger partial charge in [0, 0.05) is 5.46 Å². The normalized spacial score (nSPS) is 9.67. The molecule has 0 saturated heterocycles. The van der Waals surface area contributed by atoms with Crippen molar-refractivity contribution in [3.63, 3.8) is 0 Å². The summed E-state index contributed by atoms with van der Waals surface area (Å²) >= 11 is 0. The van der Waals surface area contributed by atoms with Gasteiger partial charge in [-0.05, 0) is 12.1 Å². The Kier molecular flexibility index (Phi) is 2.64. The van der Waals surface area contributed by atoms with Crippen LogP contribution in [0.4, 0.5) is 10.1 Å². The van der Waals surface area contributed by atoms with Crippen LogP contribution in [0.2, 0.25) is 0 Å². The minimum atomic E-state index is -1.79. The molecule has 4 nitrogen and oxygen atoms in total. The highest BCUT2D eigenvalue weighted by atomic mass is 19.1. The summed E-state index contributed by atoms with van der Waals surface area (Å²) < 4.78 is 12.9. The number of halogens is 1. The fourth-order valence-electron chi connectivity index (χ4n) is 0.826. The van der Waals surface area contributed by atoms with Gasteiger partial charge in [-0.3, -0.25) is 5.84 Å². The van der Waals surface area contributed by atoms with Crippen LogP contribution < -0.4 is 16.7 Å². The molecule has 12 heavy (non-hydrogen) atoms. The minimum Gasteiger partial charge on any atom is -0.423 e. The standard InChI is InChI=1S/C6H8BFN2O2/c8-6-3-4(10-9)1-2-5(6)7(11)12/h1-3,10-12H,9H2. The summed E-state index contributed by atoms with van der Waals surface area (Å²) in [6, 6.07) is 3.77. The molecule has 1 aromatic rings. The molecule has 0 spiro atoms. The predicted octanol–water partition coefficient (Wildman–Crippen LogP) is -1.21. The van der Waals surface area contributed by atoms with Gasteiger partial charge in [-0.15, -0.1) is 0 Å². The van der Waals surface area contributed by atoms with Crippen molar-refractivity contribution in [2.45, 2.75) is 0 Å². The fourth-order valence-corrected chi connectivity index (χ4v) is 0.826. The number of nitrogens with two attached hydrogens (primary N) is 1. The number of hydrogen-bond donors (Lipinski definition) is 4. The predicted molar refractivity (Wildman–Crippen MR) is 44.0 cm³/mol. The summed E-state index contributed by atoms with van der Waals surface area (Å²) in [7, 11) is -1.79. The highest BCUT2D eigenvalue weighted by Crippen LogP contribution is 2.05. The van der Waals surface area contributed by atoms with E-state index in [1.54, 1.807) is 0 Å². The van der Waals surface area contributed by atoms with Crippen molar-refractivity contribution in [2.75, 3.05) is 5.43 Å². The van der Waals surface area contributed by atoms with Crippen LogP contribution in [0.25, 0.3) is 0 Å². The van der Waals surface area contributed by atoms with E-state index < -0.39 is 12.9 Å². The molecule has 0 aromatic heterocycles. The Bertz CT molecular complexity index is 282. The third-order valence-electron chi connectivity index (χ3n) is 1.45. The summed E-state index contributed by atoms with van der Waals surface area (Å²) in [5.41, 5.74) is 2.43. The van der Waals surface area contributed by atoms with Crippen molar-refractivity contribution in [3.8, 4) is 0 Å². The van der Waals surface area contributed by atoms with E-state index in [2.05, 4.69) is 5.43 Å². The Balaban J connectivity index is 3.03. The molecule has 0 aliphatic heterocycles. The van der Waals surface area contributed by atoms with Crippen molar-refractivity contribution in [1.29, 1.82) is 0 Å². The molecule has 0 saturated carbocycles. The molecular formula is C6H8BFN2O2. The van der Waals surface area contributed by atoms with Crippen LogP contribution in [-0.4, -0.2) is 17.2 Å². The number of hydrazine groups is 1. The molecule has 1 aromatic carbocycles. The van der Waals surface area contributed by atoms with Crippen LogP contribution in [0, 0.1) is 5.82 Å². The summed E-state index contributed by atoms with van der Waals surface area (Å²) in [6.45, 7) is 0. The maximum atomic E-state index is 12.9. The monoisotopic (exact) mass is 170 g/mol. The molecule has 0 fully saturated rings. The van der Waals surface area contributed by atoms with E-state index in [1.807, 2.05) is 0 Å². The number of benzene rings is 1. The van der Waals surface area contributed by atoms with Crippen LogP contribution >= 0.6 is 0 Å². The van der Waals surface area contributed by atoms with Crippen LogP contribution in [0.15, 0.2) is 18.2 Å². The molecular weight excluding hydrogens is 162 g/mol. The van der Waals surface area contributed by atoms with Crippen molar-refractivity contribution in [1.82, 2.24) is 0 Å². The lowest BCUT2D eigenvalue weighted by molar-refractivity contribution is 0.423. The van der Waals surface area contributed by atoms with Gasteiger partial charge in [0.2, 0.25) is 0 Å². The Morgan fingerprint density at radius 1 is 1.42 bits per heavy atom. The smallest absolute Gasteiger partial charge is 0.423 e. The van der Waals surface area contributed by atoms with E-state index in [-0.39, 0.29) is 5.46 Å². The van der Waals surface area contributed by atoms with Crippen molar-refractivity contribution < 1.29 is 14.4 Å². The lowest BCUT2D eigenvalue weighted by Crippen LogP contribution is -2.32. The Morgan fingerprint density at radius 2 is 2.08 bits per heavy atom. The lowest BCUT2D eigenvalue weighted by Gasteiger charge is -2.03. The first-order valence-corrected chi connectivity index (χ1v) is 3.27. The zero-order chi connectivity index (χ0) is 9.14. The van der Waals surface area contributed by atoms with Gasteiger partial charge in [-0.25, -0.2) is 4.39 Å². The van der Waals surface area contributed by atoms with Gasteiger partial charge in [0.1, 0.15) is 5.82 Å². The Labute approximate surface area is 68.9 Å². The number of hydrogen-bond acceptors (Lipinski definition) is 4. The second kappa shape index (κ2) is 3.53. The molecule has 0 radical (unpaired) electrons. The first kappa shape index (κ1) is 8.99. The largest absolute Gasteiger partial charge is 0.491 e. The van der Waals surface area contributed by atoms with Gasteiger partial charge in [0.25, 0.3) is 0 Å². The van der Waals surface area contributed by atoms with Gasteiger partial charge in [-0.1, -0.05) is 6.07 Å². The zero-order valence-corrected chi connectivity index (χ0v) is 6.16. The second-order valence-electron chi connectivity index (χ2n) is 2.25. The maximum absolute atomic E-state index is 12.9. The van der Waals surface area contributed by atoms with Gasteiger partial charge >= 0.3 is 7.12 Å². The molecule has 0 heterocycles.